The molecule has 0 aliphatic heterocycles. The third kappa shape index (κ3) is 6.93. The standard InChI is InChI=1S/C22H25F3N2O2/c1-3-8-19(17-11-7-12-18(14-17)22(23,24)25)27-20(28)13-15(2)26-21(29)16-9-5-4-6-10-16/h4-7,9-12,14-15,19H,3,8,13H2,1-2H3,(H,26,29)(H,27,28). The summed E-state index contributed by atoms with van der Waals surface area (Å²) in [5.74, 6) is -0.615. The van der Waals surface area contributed by atoms with Gasteiger partial charge in [-0.3, -0.25) is 9.59 Å². The molecule has 2 N–H and O–H groups in total. The van der Waals surface area contributed by atoms with Crippen molar-refractivity contribution in [3.63, 3.8) is 0 Å². The summed E-state index contributed by atoms with van der Waals surface area (Å²) in [5.41, 5.74) is 0.164. The van der Waals surface area contributed by atoms with Crippen molar-refractivity contribution in [2.75, 3.05) is 0 Å². The third-order valence-corrected chi connectivity index (χ3v) is 4.43. The van der Waals surface area contributed by atoms with Crippen LogP contribution in [0.4, 0.5) is 13.2 Å². The Balaban J connectivity index is 1.99. The van der Waals surface area contributed by atoms with E-state index in [9.17, 15) is 22.8 Å². The van der Waals surface area contributed by atoms with Gasteiger partial charge in [-0.15, -0.1) is 0 Å². The van der Waals surface area contributed by atoms with Gasteiger partial charge in [0.2, 0.25) is 5.91 Å². The molecule has 0 radical (unpaired) electrons. The Morgan fingerprint density at radius 1 is 1.00 bits per heavy atom. The molecule has 2 unspecified atom stereocenters. The van der Waals surface area contributed by atoms with Crippen molar-refractivity contribution in [2.45, 2.75) is 51.4 Å². The Morgan fingerprint density at radius 2 is 1.69 bits per heavy atom. The van der Waals surface area contributed by atoms with Crippen molar-refractivity contribution in [3.8, 4) is 0 Å². The van der Waals surface area contributed by atoms with Crippen LogP contribution in [-0.4, -0.2) is 17.9 Å². The number of alkyl halides is 3. The smallest absolute Gasteiger partial charge is 0.349 e. The van der Waals surface area contributed by atoms with Crippen molar-refractivity contribution in [2.24, 2.45) is 0 Å². The number of carbonyl (C=O) groups is 2. The lowest BCUT2D eigenvalue weighted by Gasteiger charge is -2.21. The molecule has 156 valence electrons. The maximum Gasteiger partial charge on any atom is 0.416 e. The van der Waals surface area contributed by atoms with Crippen molar-refractivity contribution in [1.29, 1.82) is 0 Å². The zero-order chi connectivity index (χ0) is 21.4. The highest BCUT2D eigenvalue weighted by Gasteiger charge is 2.31. The Hall–Kier alpha value is -2.83. The SMILES string of the molecule is CCCC(NC(=O)CC(C)NC(=O)c1ccccc1)c1cccc(C(F)(F)F)c1. The number of amides is 2. The van der Waals surface area contributed by atoms with Crippen LogP contribution in [0.5, 0.6) is 0 Å². The molecule has 0 heterocycles. The Labute approximate surface area is 168 Å². The van der Waals surface area contributed by atoms with E-state index in [2.05, 4.69) is 10.6 Å². The normalized spacial score (nSPS) is 13.4. The lowest BCUT2D eigenvalue weighted by Crippen LogP contribution is -2.38. The predicted molar refractivity (Wildman–Crippen MR) is 105 cm³/mol. The molecule has 2 rings (SSSR count). The van der Waals surface area contributed by atoms with Gasteiger partial charge in [0.15, 0.2) is 0 Å². The van der Waals surface area contributed by atoms with E-state index < -0.39 is 23.8 Å². The summed E-state index contributed by atoms with van der Waals surface area (Å²) in [7, 11) is 0. The zero-order valence-electron chi connectivity index (χ0n) is 16.4. The molecule has 4 nitrogen and oxygen atoms in total. The first kappa shape index (κ1) is 22.5. The molecule has 0 bridgehead atoms. The van der Waals surface area contributed by atoms with Gasteiger partial charge in [0.1, 0.15) is 0 Å². The molecule has 0 aromatic heterocycles. The van der Waals surface area contributed by atoms with Crippen LogP contribution in [0.1, 0.15) is 60.6 Å². The molecule has 2 amide bonds. The number of hydrogen-bond donors (Lipinski definition) is 2. The zero-order valence-corrected chi connectivity index (χ0v) is 16.4. The number of halogens is 3. The van der Waals surface area contributed by atoms with Gasteiger partial charge in [-0.1, -0.05) is 43.7 Å². The number of benzene rings is 2. The summed E-state index contributed by atoms with van der Waals surface area (Å²) in [6.45, 7) is 3.61. The lowest BCUT2D eigenvalue weighted by molar-refractivity contribution is -0.137. The second kappa shape index (κ2) is 10.1. The highest BCUT2D eigenvalue weighted by atomic mass is 19.4. The monoisotopic (exact) mass is 406 g/mol. The van der Waals surface area contributed by atoms with E-state index in [-0.39, 0.29) is 18.2 Å². The maximum absolute atomic E-state index is 13.0. The second-order valence-corrected chi connectivity index (χ2v) is 6.98. The first-order valence-corrected chi connectivity index (χ1v) is 9.53. The number of carbonyl (C=O) groups excluding carboxylic acids is 2. The van der Waals surface area contributed by atoms with Crippen LogP contribution in [0.25, 0.3) is 0 Å². The average molecular weight is 406 g/mol. The minimum absolute atomic E-state index is 0.0255. The van der Waals surface area contributed by atoms with Gasteiger partial charge in [0.05, 0.1) is 11.6 Å². The van der Waals surface area contributed by atoms with Crippen LogP contribution in [0, 0.1) is 0 Å². The van der Waals surface area contributed by atoms with Crippen molar-refractivity contribution >= 4 is 11.8 Å². The number of hydrogen-bond acceptors (Lipinski definition) is 2. The number of rotatable bonds is 8. The molecule has 0 fully saturated rings. The van der Waals surface area contributed by atoms with Gasteiger partial charge in [-0.2, -0.15) is 13.2 Å². The topological polar surface area (TPSA) is 58.2 Å². The Morgan fingerprint density at radius 3 is 2.31 bits per heavy atom. The molecular formula is C22H25F3N2O2. The first-order chi connectivity index (χ1) is 13.7. The van der Waals surface area contributed by atoms with E-state index in [1.54, 1.807) is 43.3 Å². The molecule has 0 aliphatic rings. The Kier molecular flexibility index (Phi) is 7.82. The summed E-state index contributed by atoms with van der Waals surface area (Å²) in [6, 6.07) is 12.7. The van der Waals surface area contributed by atoms with Crippen LogP contribution in [0.2, 0.25) is 0 Å². The minimum atomic E-state index is -4.44. The van der Waals surface area contributed by atoms with Crippen LogP contribution >= 0.6 is 0 Å². The summed E-state index contributed by atoms with van der Waals surface area (Å²) in [5, 5.41) is 5.55. The molecule has 0 saturated carbocycles. The third-order valence-electron chi connectivity index (χ3n) is 4.43. The van der Waals surface area contributed by atoms with Gasteiger partial charge < -0.3 is 10.6 Å². The molecular weight excluding hydrogens is 381 g/mol. The molecule has 2 atom stereocenters. The molecule has 0 spiro atoms. The van der Waals surface area contributed by atoms with E-state index in [1.165, 1.54) is 6.07 Å². The Bertz CT molecular complexity index is 822. The van der Waals surface area contributed by atoms with Gasteiger partial charge in [-0.25, -0.2) is 0 Å². The van der Waals surface area contributed by atoms with E-state index in [4.69, 9.17) is 0 Å². The summed E-state index contributed by atoms with van der Waals surface area (Å²) >= 11 is 0. The largest absolute Gasteiger partial charge is 0.416 e. The summed E-state index contributed by atoms with van der Waals surface area (Å²) < 4.78 is 39.0. The van der Waals surface area contributed by atoms with E-state index in [0.717, 1.165) is 12.1 Å². The van der Waals surface area contributed by atoms with Crippen molar-refractivity contribution in [3.05, 3.63) is 71.3 Å². The molecule has 29 heavy (non-hydrogen) atoms. The van der Waals surface area contributed by atoms with Gasteiger partial charge in [-0.05, 0) is 43.2 Å². The molecule has 2 aromatic rings. The lowest BCUT2D eigenvalue weighted by atomic mass is 9.99. The summed E-state index contributed by atoms with van der Waals surface area (Å²) in [6.07, 6.45) is -3.20. The second-order valence-electron chi connectivity index (χ2n) is 6.98. The highest BCUT2D eigenvalue weighted by Crippen LogP contribution is 2.31. The van der Waals surface area contributed by atoms with Crippen molar-refractivity contribution in [1.82, 2.24) is 10.6 Å². The van der Waals surface area contributed by atoms with Crippen molar-refractivity contribution < 1.29 is 22.8 Å². The fraction of sp³-hybridized carbons (Fsp3) is 0.364. The van der Waals surface area contributed by atoms with Crippen LogP contribution in [-0.2, 0) is 11.0 Å². The summed E-state index contributed by atoms with van der Waals surface area (Å²) in [4.78, 5) is 24.6. The predicted octanol–water partition coefficient (Wildman–Crippen LogP) is 4.87. The van der Waals surface area contributed by atoms with Gasteiger partial charge in [0.25, 0.3) is 5.91 Å². The fourth-order valence-corrected chi connectivity index (χ4v) is 3.02. The number of nitrogens with one attached hydrogen (secondary N) is 2. The van der Waals surface area contributed by atoms with E-state index >= 15 is 0 Å². The maximum atomic E-state index is 13.0. The minimum Gasteiger partial charge on any atom is -0.349 e. The van der Waals surface area contributed by atoms with Gasteiger partial charge >= 0.3 is 6.18 Å². The highest BCUT2D eigenvalue weighted by molar-refractivity contribution is 5.94. The van der Waals surface area contributed by atoms with Gasteiger partial charge in [0, 0.05) is 18.0 Å². The van der Waals surface area contributed by atoms with Crippen LogP contribution in [0.3, 0.4) is 0 Å². The molecule has 0 saturated heterocycles. The van der Waals surface area contributed by atoms with Crippen LogP contribution in [0.15, 0.2) is 54.6 Å². The van der Waals surface area contributed by atoms with E-state index in [1.807, 2.05) is 6.92 Å². The molecule has 7 heteroatoms. The molecule has 0 aliphatic carbocycles. The molecule has 2 aromatic carbocycles. The first-order valence-electron chi connectivity index (χ1n) is 9.53. The van der Waals surface area contributed by atoms with Crippen LogP contribution < -0.4 is 10.6 Å². The fourth-order valence-electron chi connectivity index (χ4n) is 3.02. The van der Waals surface area contributed by atoms with E-state index in [0.29, 0.717) is 24.0 Å². The quantitative estimate of drug-likeness (QED) is 0.657. The average Bonchev–Trinajstić information content (AvgIpc) is 2.67.